The van der Waals surface area contributed by atoms with E-state index in [9.17, 15) is 0 Å². The molecule has 1 unspecified atom stereocenters. The minimum atomic E-state index is 0.0394. The third-order valence-electron chi connectivity index (χ3n) is 1.82. The molecule has 1 heterocycles. The molecule has 1 aromatic rings. The summed E-state index contributed by atoms with van der Waals surface area (Å²) in [6.07, 6.45) is 4.25. The maximum absolute atomic E-state index is 5.36. The zero-order chi connectivity index (χ0) is 8.97. The lowest BCUT2D eigenvalue weighted by Crippen LogP contribution is -2.27. The second-order valence-corrected chi connectivity index (χ2v) is 2.71. The molecule has 12 heavy (non-hydrogen) atoms. The zero-order valence-corrected chi connectivity index (χ0v) is 7.21. The highest BCUT2D eigenvalue weighted by Crippen LogP contribution is 2.20. The molecule has 66 valence electrons. The fourth-order valence-electron chi connectivity index (χ4n) is 1.16. The minimum absolute atomic E-state index is 0.0394. The first kappa shape index (κ1) is 9.03. The number of hydrogen-bond donors (Lipinski definition) is 2. The van der Waals surface area contributed by atoms with Gasteiger partial charge in [-0.05, 0) is 25.0 Å². The summed E-state index contributed by atoms with van der Waals surface area (Å²) in [4.78, 5) is 0. The summed E-state index contributed by atoms with van der Waals surface area (Å²) in [7, 11) is 0. The molecule has 0 saturated carbocycles. The van der Waals surface area contributed by atoms with Crippen LogP contribution in [0, 0.1) is 6.92 Å². The molecule has 1 rings (SSSR count). The van der Waals surface area contributed by atoms with E-state index in [-0.39, 0.29) is 6.04 Å². The van der Waals surface area contributed by atoms with E-state index in [1.54, 1.807) is 6.26 Å². The fourth-order valence-corrected chi connectivity index (χ4v) is 1.16. The maximum atomic E-state index is 5.36. The molecule has 1 atom stereocenters. The SMILES string of the molecule is C=CCC(NN)c1occc1C. The van der Waals surface area contributed by atoms with Crippen LogP contribution in [0.1, 0.15) is 23.8 Å². The Balaban J connectivity index is 2.78. The number of nitrogens with one attached hydrogen (secondary N) is 1. The highest BCUT2D eigenvalue weighted by Gasteiger charge is 2.13. The summed E-state index contributed by atoms with van der Waals surface area (Å²) in [5, 5.41) is 0. The van der Waals surface area contributed by atoms with Crippen molar-refractivity contribution in [2.75, 3.05) is 0 Å². The van der Waals surface area contributed by atoms with Crippen LogP contribution < -0.4 is 11.3 Å². The second-order valence-electron chi connectivity index (χ2n) is 2.71. The van der Waals surface area contributed by atoms with Gasteiger partial charge in [0, 0.05) is 0 Å². The van der Waals surface area contributed by atoms with Crippen molar-refractivity contribution in [3.63, 3.8) is 0 Å². The van der Waals surface area contributed by atoms with E-state index >= 15 is 0 Å². The standard InChI is InChI=1S/C9H14N2O/c1-3-4-8(11-10)9-7(2)5-6-12-9/h3,5-6,8,11H,1,4,10H2,2H3. The van der Waals surface area contributed by atoms with E-state index < -0.39 is 0 Å². The molecule has 1 aromatic heterocycles. The van der Waals surface area contributed by atoms with Gasteiger partial charge in [0.05, 0.1) is 12.3 Å². The lowest BCUT2D eigenvalue weighted by atomic mass is 10.1. The van der Waals surface area contributed by atoms with Gasteiger partial charge in [-0.25, -0.2) is 5.43 Å². The van der Waals surface area contributed by atoms with Crippen LogP contribution in [-0.4, -0.2) is 0 Å². The summed E-state index contributed by atoms with van der Waals surface area (Å²) in [6, 6.07) is 1.96. The van der Waals surface area contributed by atoms with Gasteiger partial charge < -0.3 is 4.42 Å². The summed E-state index contributed by atoms with van der Waals surface area (Å²) >= 11 is 0. The lowest BCUT2D eigenvalue weighted by Gasteiger charge is -2.11. The van der Waals surface area contributed by atoms with Gasteiger partial charge in [-0.1, -0.05) is 6.08 Å². The molecule has 0 radical (unpaired) electrons. The van der Waals surface area contributed by atoms with Crippen LogP contribution in [0.5, 0.6) is 0 Å². The van der Waals surface area contributed by atoms with Crippen molar-refractivity contribution in [2.45, 2.75) is 19.4 Å². The van der Waals surface area contributed by atoms with Gasteiger partial charge in [0.15, 0.2) is 0 Å². The Kier molecular flexibility index (Phi) is 3.08. The molecule has 0 fully saturated rings. The van der Waals surface area contributed by atoms with Crippen LogP contribution in [0.2, 0.25) is 0 Å². The summed E-state index contributed by atoms with van der Waals surface area (Å²) in [5.41, 5.74) is 3.79. The van der Waals surface area contributed by atoms with Crippen molar-refractivity contribution >= 4 is 0 Å². The van der Waals surface area contributed by atoms with Gasteiger partial charge in [0.2, 0.25) is 0 Å². The van der Waals surface area contributed by atoms with Gasteiger partial charge in [0.25, 0.3) is 0 Å². The molecule has 3 nitrogen and oxygen atoms in total. The molecule has 0 saturated heterocycles. The summed E-state index contributed by atoms with van der Waals surface area (Å²) in [5.74, 6) is 6.25. The molecule has 0 bridgehead atoms. The van der Waals surface area contributed by atoms with E-state index in [1.807, 2.05) is 19.1 Å². The number of furan rings is 1. The van der Waals surface area contributed by atoms with Gasteiger partial charge in [-0.15, -0.1) is 6.58 Å². The minimum Gasteiger partial charge on any atom is -0.467 e. The number of nitrogens with two attached hydrogens (primary N) is 1. The van der Waals surface area contributed by atoms with Crippen LogP contribution in [-0.2, 0) is 0 Å². The van der Waals surface area contributed by atoms with Crippen LogP contribution in [0.15, 0.2) is 29.4 Å². The first-order valence-corrected chi connectivity index (χ1v) is 3.90. The third-order valence-corrected chi connectivity index (χ3v) is 1.82. The fraction of sp³-hybridized carbons (Fsp3) is 0.333. The summed E-state index contributed by atoms with van der Waals surface area (Å²) < 4.78 is 5.28. The predicted octanol–water partition coefficient (Wildman–Crippen LogP) is 1.67. The average molecular weight is 166 g/mol. The van der Waals surface area contributed by atoms with Crippen molar-refractivity contribution in [3.8, 4) is 0 Å². The first-order chi connectivity index (χ1) is 5.79. The van der Waals surface area contributed by atoms with Gasteiger partial charge >= 0.3 is 0 Å². The first-order valence-electron chi connectivity index (χ1n) is 3.90. The predicted molar refractivity (Wildman–Crippen MR) is 48.3 cm³/mol. The number of hydrogen-bond acceptors (Lipinski definition) is 3. The van der Waals surface area contributed by atoms with Gasteiger partial charge in [-0.3, -0.25) is 5.84 Å². The Morgan fingerprint density at radius 2 is 2.58 bits per heavy atom. The molecule has 3 heteroatoms. The quantitative estimate of drug-likeness (QED) is 0.406. The molecule has 0 aliphatic carbocycles. The summed E-state index contributed by atoms with van der Waals surface area (Å²) in [6.45, 7) is 5.64. The average Bonchev–Trinajstić information content (AvgIpc) is 2.47. The molecule has 0 aliphatic rings. The van der Waals surface area contributed by atoms with Crippen LogP contribution in [0.25, 0.3) is 0 Å². The topological polar surface area (TPSA) is 51.2 Å². The second kappa shape index (κ2) is 4.09. The molecule has 0 aromatic carbocycles. The van der Waals surface area contributed by atoms with Crippen molar-refractivity contribution in [2.24, 2.45) is 5.84 Å². The number of aryl methyl sites for hydroxylation is 1. The molecule has 0 spiro atoms. The van der Waals surface area contributed by atoms with Crippen molar-refractivity contribution in [1.29, 1.82) is 0 Å². The molecular formula is C9H14N2O. The van der Waals surface area contributed by atoms with Crippen LogP contribution >= 0.6 is 0 Å². The van der Waals surface area contributed by atoms with E-state index in [0.717, 1.165) is 17.7 Å². The lowest BCUT2D eigenvalue weighted by molar-refractivity contribution is 0.417. The number of hydrazine groups is 1. The van der Waals surface area contributed by atoms with Crippen LogP contribution in [0.4, 0.5) is 0 Å². The Bertz CT molecular complexity index is 255. The normalized spacial score (nSPS) is 12.8. The molecule has 0 aliphatic heterocycles. The Labute approximate surface area is 72.2 Å². The number of rotatable bonds is 4. The van der Waals surface area contributed by atoms with Crippen molar-refractivity contribution in [1.82, 2.24) is 5.43 Å². The highest BCUT2D eigenvalue weighted by atomic mass is 16.3. The van der Waals surface area contributed by atoms with Gasteiger partial charge in [-0.2, -0.15) is 0 Å². The molecule has 3 N–H and O–H groups in total. The third kappa shape index (κ3) is 1.75. The molecule has 0 amide bonds. The van der Waals surface area contributed by atoms with Gasteiger partial charge in [0.1, 0.15) is 5.76 Å². The van der Waals surface area contributed by atoms with Crippen LogP contribution in [0.3, 0.4) is 0 Å². The largest absolute Gasteiger partial charge is 0.467 e. The monoisotopic (exact) mass is 166 g/mol. The Morgan fingerprint density at radius 1 is 1.83 bits per heavy atom. The molecular weight excluding hydrogens is 152 g/mol. The zero-order valence-electron chi connectivity index (χ0n) is 7.21. The maximum Gasteiger partial charge on any atom is 0.125 e. The van der Waals surface area contributed by atoms with Crippen molar-refractivity contribution < 1.29 is 4.42 Å². The van der Waals surface area contributed by atoms with Crippen molar-refractivity contribution in [3.05, 3.63) is 36.3 Å². The Hall–Kier alpha value is -1.06. The Morgan fingerprint density at radius 3 is 3.00 bits per heavy atom. The van der Waals surface area contributed by atoms with E-state index in [0.29, 0.717) is 0 Å². The van der Waals surface area contributed by atoms with E-state index in [2.05, 4.69) is 12.0 Å². The smallest absolute Gasteiger partial charge is 0.125 e. The highest BCUT2D eigenvalue weighted by molar-refractivity contribution is 5.18. The van der Waals surface area contributed by atoms with E-state index in [1.165, 1.54) is 0 Å². The van der Waals surface area contributed by atoms with E-state index in [4.69, 9.17) is 10.3 Å².